The number of nitro benzene ring substituents is 1. The number of carbonyl (C=O) groups is 1. The molecule has 0 heterocycles. The number of benzene rings is 2. The van der Waals surface area contributed by atoms with Crippen molar-refractivity contribution in [1.82, 2.24) is 4.90 Å². The van der Waals surface area contributed by atoms with Crippen molar-refractivity contribution in [3.63, 3.8) is 0 Å². The summed E-state index contributed by atoms with van der Waals surface area (Å²) in [5.41, 5.74) is 1.85. The molecule has 0 aromatic heterocycles. The maximum atomic E-state index is 12.4. The van der Waals surface area contributed by atoms with Gasteiger partial charge in [-0.2, -0.15) is 0 Å². The van der Waals surface area contributed by atoms with Crippen LogP contribution in [-0.4, -0.2) is 35.4 Å². The minimum absolute atomic E-state index is 0.0777. The normalized spacial score (nSPS) is 10.3. The van der Waals surface area contributed by atoms with Crippen LogP contribution < -0.4 is 5.32 Å². The van der Waals surface area contributed by atoms with Gasteiger partial charge in [-0.25, -0.2) is 0 Å². The summed E-state index contributed by atoms with van der Waals surface area (Å²) in [6.07, 6.45) is 0.762. The lowest BCUT2D eigenvalue weighted by atomic mass is 10.1. The molecule has 2 rings (SSSR count). The fraction of sp³-hybridized carbons (Fsp3) is 0.316. The Morgan fingerprint density at radius 3 is 2.40 bits per heavy atom. The summed E-state index contributed by atoms with van der Waals surface area (Å²) in [7, 11) is 0. The minimum atomic E-state index is -0.455. The number of nitro groups is 1. The molecule has 132 valence electrons. The molecule has 2 aromatic carbocycles. The Morgan fingerprint density at radius 2 is 1.80 bits per heavy atom. The van der Waals surface area contributed by atoms with E-state index in [4.69, 9.17) is 0 Å². The van der Waals surface area contributed by atoms with Crippen LogP contribution in [0, 0.1) is 10.1 Å². The first-order valence-corrected chi connectivity index (χ1v) is 8.42. The second-order valence-electron chi connectivity index (χ2n) is 5.63. The van der Waals surface area contributed by atoms with Gasteiger partial charge in [0.1, 0.15) is 5.69 Å². The molecule has 0 unspecified atom stereocenters. The molecule has 0 saturated heterocycles. The average Bonchev–Trinajstić information content (AvgIpc) is 2.63. The van der Waals surface area contributed by atoms with E-state index in [9.17, 15) is 14.9 Å². The van der Waals surface area contributed by atoms with Gasteiger partial charge in [0.15, 0.2) is 0 Å². The van der Waals surface area contributed by atoms with Crippen molar-refractivity contribution in [3.05, 3.63) is 69.8 Å². The van der Waals surface area contributed by atoms with Crippen LogP contribution in [0.3, 0.4) is 0 Å². The Balaban J connectivity index is 2.13. The van der Waals surface area contributed by atoms with Gasteiger partial charge in [-0.15, -0.1) is 0 Å². The first-order valence-electron chi connectivity index (χ1n) is 8.42. The third-order valence-electron chi connectivity index (χ3n) is 4.06. The van der Waals surface area contributed by atoms with E-state index in [-0.39, 0.29) is 11.6 Å². The zero-order chi connectivity index (χ0) is 18.2. The van der Waals surface area contributed by atoms with Crippen molar-refractivity contribution in [3.8, 4) is 0 Å². The van der Waals surface area contributed by atoms with E-state index in [1.165, 1.54) is 6.07 Å². The van der Waals surface area contributed by atoms with Gasteiger partial charge in [-0.3, -0.25) is 14.9 Å². The third kappa shape index (κ3) is 4.79. The molecule has 6 heteroatoms. The fourth-order valence-corrected chi connectivity index (χ4v) is 2.64. The van der Waals surface area contributed by atoms with Crippen molar-refractivity contribution < 1.29 is 9.72 Å². The van der Waals surface area contributed by atoms with Gasteiger partial charge < -0.3 is 10.2 Å². The van der Waals surface area contributed by atoms with Crippen LogP contribution in [0.2, 0.25) is 0 Å². The molecule has 0 aliphatic heterocycles. The molecule has 0 spiro atoms. The van der Waals surface area contributed by atoms with E-state index in [2.05, 4.69) is 5.32 Å². The predicted octanol–water partition coefficient (Wildman–Crippen LogP) is 3.73. The van der Waals surface area contributed by atoms with Crippen LogP contribution in [0.25, 0.3) is 0 Å². The average molecular weight is 341 g/mol. The van der Waals surface area contributed by atoms with Crippen molar-refractivity contribution in [2.75, 3.05) is 25.0 Å². The molecular formula is C19H23N3O3. The lowest BCUT2D eigenvalue weighted by Crippen LogP contribution is -2.30. The van der Waals surface area contributed by atoms with Gasteiger partial charge in [-0.05, 0) is 38.0 Å². The number of amides is 1. The van der Waals surface area contributed by atoms with E-state index >= 15 is 0 Å². The maximum Gasteiger partial charge on any atom is 0.293 e. The number of hydrogen-bond acceptors (Lipinski definition) is 4. The monoisotopic (exact) mass is 341 g/mol. The van der Waals surface area contributed by atoms with E-state index in [0.717, 1.165) is 12.0 Å². The number of nitrogens with one attached hydrogen (secondary N) is 1. The molecule has 0 aliphatic rings. The highest BCUT2D eigenvalue weighted by molar-refractivity contribution is 5.95. The number of carbonyl (C=O) groups excluding carboxylic acids is 1. The van der Waals surface area contributed by atoms with Crippen molar-refractivity contribution >= 4 is 17.3 Å². The third-order valence-corrected chi connectivity index (χ3v) is 4.06. The Labute approximate surface area is 147 Å². The zero-order valence-electron chi connectivity index (χ0n) is 14.6. The SMILES string of the molecule is CCN(CC)C(=O)c1ccc(NCCc2ccccc2)c([N+](=O)[O-])c1. The summed E-state index contributed by atoms with van der Waals surface area (Å²) in [5.74, 6) is -0.191. The van der Waals surface area contributed by atoms with Gasteiger partial charge in [0.2, 0.25) is 0 Å². The molecule has 0 atom stereocenters. The van der Waals surface area contributed by atoms with Gasteiger partial charge in [0.05, 0.1) is 4.92 Å². The van der Waals surface area contributed by atoms with Crippen LogP contribution in [0.4, 0.5) is 11.4 Å². The van der Waals surface area contributed by atoms with Gasteiger partial charge >= 0.3 is 0 Å². The molecule has 0 aliphatic carbocycles. The smallest absolute Gasteiger partial charge is 0.293 e. The molecule has 0 fully saturated rings. The Kier molecular flexibility index (Phi) is 6.51. The predicted molar refractivity (Wildman–Crippen MR) is 99.0 cm³/mol. The molecule has 25 heavy (non-hydrogen) atoms. The highest BCUT2D eigenvalue weighted by atomic mass is 16.6. The van der Waals surface area contributed by atoms with Gasteiger partial charge in [0.25, 0.3) is 11.6 Å². The van der Waals surface area contributed by atoms with Crippen LogP contribution in [0.15, 0.2) is 48.5 Å². The molecule has 6 nitrogen and oxygen atoms in total. The summed E-state index contributed by atoms with van der Waals surface area (Å²) in [6.45, 7) is 5.49. The van der Waals surface area contributed by atoms with Crippen molar-refractivity contribution in [1.29, 1.82) is 0 Å². The summed E-state index contributed by atoms with van der Waals surface area (Å²) < 4.78 is 0. The van der Waals surface area contributed by atoms with E-state index in [0.29, 0.717) is 30.9 Å². The second-order valence-corrected chi connectivity index (χ2v) is 5.63. The zero-order valence-corrected chi connectivity index (χ0v) is 14.6. The molecule has 1 amide bonds. The minimum Gasteiger partial charge on any atom is -0.379 e. The standard InChI is InChI=1S/C19H23N3O3/c1-3-21(4-2)19(23)16-10-11-17(18(14-16)22(24)25)20-13-12-15-8-6-5-7-9-15/h5-11,14,20H,3-4,12-13H2,1-2H3. The van der Waals surface area contributed by atoms with E-state index in [1.807, 2.05) is 44.2 Å². The largest absolute Gasteiger partial charge is 0.379 e. The number of hydrogen-bond donors (Lipinski definition) is 1. The van der Waals surface area contributed by atoms with E-state index < -0.39 is 4.92 Å². The van der Waals surface area contributed by atoms with Crippen LogP contribution in [-0.2, 0) is 6.42 Å². The van der Waals surface area contributed by atoms with Gasteiger partial charge in [-0.1, -0.05) is 30.3 Å². The molecule has 0 bridgehead atoms. The van der Waals surface area contributed by atoms with Crippen LogP contribution in [0.1, 0.15) is 29.8 Å². The lowest BCUT2D eigenvalue weighted by molar-refractivity contribution is -0.384. The highest BCUT2D eigenvalue weighted by Gasteiger charge is 2.19. The highest BCUT2D eigenvalue weighted by Crippen LogP contribution is 2.26. The summed E-state index contributed by atoms with van der Waals surface area (Å²) in [4.78, 5) is 24.9. The lowest BCUT2D eigenvalue weighted by Gasteiger charge is -2.18. The quantitative estimate of drug-likeness (QED) is 0.586. The Morgan fingerprint density at radius 1 is 1.12 bits per heavy atom. The van der Waals surface area contributed by atoms with Crippen molar-refractivity contribution in [2.24, 2.45) is 0 Å². The second kappa shape index (κ2) is 8.82. The van der Waals surface area contributed by atoms with E-state index in [1.54, 1.807) is 17.0 Å². The number of anilines is 1. The first-order chi connectivity index (χ1) is 12.1. The van der Waals surface area contributed by atoms with Crippen molar-refractivity contribution in [2.45, 2.75) is 20.3 Å². The topological polar surface area (TPSA) is 75.5 Å². The Bertz CT molecular complexity index is 728. The van der Waals surface area contributed by atoms with Crippen LogP contribution >= 0.6 is 0 Å². The number of rotatable bonds is 8. The molecule has 2 aromatic rings. The summed E-state index contributed by atoms with van der Waals surface area (Å²) in [5, 5.41) is 14.5. The fourth-order valence-electron chi connectivity index (χ4n) is 2.64. The Hall–Kier alpha value is -2.89. The molecule has 0 radical (unpaired) electrons. The summed E-state index contributed by atoms with van der Waals surface area (Å²) >= 11 is 0. The molecule has 1 N–H and O–H groups in total. The maximum absolute atomic E-state index is 12.4. The molecule has 0 saturated carbocycles. The van der Waals surface area contributed by atoms with Crippen LogP contribution in [0.5, 0.6) is 0 Å². The van der Waals surface area contributed by atoms with Gasteiger partial charge in [0, 0.05) is 31.3 Å². The first kappa shape index (κ1) is 18.4. The number of nitrogens with zero attached hydrogens (tertiary/aromatic N) is 2. The summed E-state index contributed by atoms with van der Waals surface area (Å²) in [6, 6.07) is 14.5. The molecular weight excluding hydrogens is 318 g/mol.